The number of amides is 1. The normalized spacial score (nSPS) is 18.0. The number of hydrogen-bond acceptors (Lipinski definition) is 7. The molecule has 8 nitrogen and oxygen atoms in total. The second-order valence-electron chi connectivity index (χ2n) is 13.5. The van der Waals surface area contributed by atoms with E-state index in [0.717, 1.165) is 88.7 Å². The van der Waals surface area contributed by atoms with Crippen LogP contribution in [0.25, 0.3) is 0 Å². The van der Waals surface area contributed by atoms with E-state index < -0.39 is 5.41 Å². The standard InChI is InChI=1S/C40H57N5O3/c1-3-45(37-20-25-43(26-21-37)31-33-30-42-22-18-38(33)47-2)23-12-4-5-13-28-48-29-27-44-24-19-36(32-44)40(39(41)46,34-14-8-6-9-15-34)35-16-10-7-11-17-35/h6-11,14-18,22,30,36-37H,3-5,12-13,19-21,23-29,31-32H2,1-2H3,(H2,41,46)/t36-/m1/s1. The first kappa shape index (κ1) is 36.0. The van der Waals surface area contributed by atoms with Crippen LogP contribution in [0.1, 0.15) is 68.6 Å². The Morgan fingerprint density at radius 1 is 0.896 bits per heavy atom. The second kappa shape index (κ2) is 18.5. The summed E-state index contributed by atoms with van der Waals surface area (Å²) in [5.74, 6) is 0.781. The molecule has 2 saturated heterocycles. The zero-order valence-corrected chi connectivity index (χ0v) is 29.3. The number of hydrogen-bond donors (Lipinski definition) is 1. The van der Waals surface area contributed by atoms with Crippen molar-refractivity contribution in [3.05, 3.63) is 95.8 Å². The van der Waals surface area contributed by atoms with Crippen LogP contribution in [-0.4, -0.2) is 97.8 Å². The van der Waals surface area contributed by atoms with Crippen molar-refractivity contribution in [2.24, 2.45) is 11.7 Å². The molecule has 2 aliphatic rings. The highest BCUT2D eigenvalue weighted by Gasteiger charge is 2.49. The van der Waals surface area contributed by atoms with Gasteiger partial charge >= 0.3 is 0 Å². The van der Waals surface area contributed by atoms with Gasteiger partial charge in [0.05, 0.1) is 13.7 Å². The first-order valence-electron chi connectivity index (χ1n) is 18.2. The molecule has 0 radical (unpaired) electrons. The molecule has 2 fully saturated rings. The predicted molar refractivity (Wildman–Crippen MR) is 193 cm³/mol. The number of methoxy groups -OCH3 is 1. The number of primary amides is 1. The number of nitrogens with zero attached hydrogens (tertiary/aromatic N) is 4. The van der Waals surface area contributed by atoms with Gasteiger partial charge in [-0.1, -0.05) is 80.4 Å². The number of benzene rings is 2. The first-order chi connectivity index (χ1) is 23.6. The number of pyridine rings is 1. The molecule has 3 aromatic rings. The van der Waals surface area contributed by atoms with E-state index in [0.29, 0.717) is 6.04 Å². The fourth-order valence-electron chi connectivity index (χ4n) is 8.10. The smallest absolute Gasteiger partial charge is 0.232 e. The van der Waals surface area contributed by atoms with Gasteiger partial charge in [0.25, 0.3) is 0 Å². The largest absolute Gasteiger partial charge is 0.496 e. The molecule has 48 heavy (non-hydrogen) atoms. The Balaban J connectivity index is 0.964. The van der Waals surface area contributed by atoms with Gasteiger partial charge < -0.3 is 25.0 Å². The zero-order chi connectivity index (χ0) is 33.6. The Kier molecular flexibility index (Phi) is 13.8. The summed E-state index contributed by atoms with van der Waals surface area (Å²) in [5.41, 5.74) is 8.56. The number of nitrogens with two attached hydrogens (primary N) is 1. The third-order valence-electron chi connectivity index (χ3n) is 10.7. The van der Waals surface area contributed by atoms with Gasteiger partial charge in [0.2, 0.25) is 5.91 Å². The number of likely N-dealkylation sites (tertiary alicyclic amines) is 2. The van der Waals surface area contributed by atoms with E-state index in [1.54, 1.807) is 13.3 Å². The third kappa shape index (κ3) is 9.03. The van der Waals surface area contributed by atoms with Crippen LogP contribution in [0.2, 0.25) is 0 Å². The minimum absolute atomic E-state index is 0.117. The van der Waals surface area contributed by atoms with Crippen molar-refractivity contribution >= 4 is 5.91 Å². The summed E-state index contributed by atoms with van der Waals surface area (Å²) >= 11 is 0. The molecule has 0 saturated carbocycles. The van der Waals surface area contributed by atoms with Gasteiger partial charge in [-0.15, -0.1) is 0 Å². The minimum atomic E-state index is -0.836. The van der Waals surface area contributed by atoms with E-state index in [1.165, 1.54) is 44.2 Å². The number of piperidine rings is 1. The van der Waals surface area contributed by atoms with Gasteiger partial charge in [-0.3, -0.25) is 14.7 Å². The van der Waals surface area contributed by atoms with Gasteiger partial charge in [0.15, 0.2) is 0 Å². The fourth-order valence-corrected chi connectivity index (χ4v) is 8.10. The van der Waals surface area contributed by atoms with Gasteiger partial charge in [0, 0.05) is 50.2 Å². The highest BCUT2D eigenvalue weighted by atomic mass is 16.5. The lowest BCUT2D eigenvalue weighted by molar-refractivity contribution is -0.123. The molecule has 1 amide bonds. The van der Waals surface area contributed by atoms with Crippen molar-refractivity contribution in [2.45, 2.75) is 69.9 Å². The van der Waals surface area contributed by atoms with Gasteiger partial charge in [-0.2, -0.15) is 0 Å². The zero-order valence-electron chi connectivity index (χ0n) is 29.3. The molecule has 2 aliphatic heterocycles. The average molecular weight is 656 g/mol. The topological polar surface area (TPSA) is 84.2 Å². The van der Waals surface area contributed by atoms with Crippen molar-refractivity contribution in [3.8, 4) is 5.75 Å². The van der Waals surface area contributed by atoms with Crippen LogP contribution in [-0.2, 0) is 21.5 Å². The van der Waals surface area contributed by atoms with Gasteiger partial charge in [-0.05, 0) is 87.9 Å². The molecule has 5 rings (SSSR count). The van der Waals surface area contributed by atoms with Crippen molar-refractivity contribution in [1.29, 1.82) is 0 Å². The highest BCUT2D eigenvalue weighted by Crippen LogP contribution is 2.43. The Labute approximate surface area is 288 Å². The second-order valence-corrected chi connectivity index (χ2v) is 13.5. The van der Waals surface area contributed by atoms with Crippen LogP contribution in [0.5, 0.6) is 5.75 Å². The number of ether oxygens (including phenoxy) is 2. The molecule has 0 unspecified atom stereocenters. The molecule has 260 valence electrons. The summed E-state index contributed by atoms with van der Waals surface area (Å²) in [6.07, 6.45) is 11.9. The Bertz CT molecular complexity index is 1330. The average Bonchev–Trinajstić information content (AvgIpc) is 3.60. The van der Waals surface area contributed by atoms with Gasteiger partial charge in [0.1, 0.15) is 11.2 Å². The van der Waals surface area contributed by atoms with Crippen LogP contribution >= 0.6 is 0 Å². The Morgan fingerprint density at radius 3 is 2.21 bits per heavy atom. The molecule has 2 aromatic carbocycles. The molecule has 2 N–H and O–H groups in total. The lowest BCUT2D eigenvalue weighted by Gasteiger charge is -2.38. The summed E-state index contributed by atoms with van der Waals surface area (Å²) in [5, 5.41) is 0. The first-order valence-corrected chi connectivity index (χ1v) is 18.2. The monoisotopic (exact) mass is 655 g/mol. The van der Waals surface area contributed by atoms with E-state index in [-0.39, 0.29) is 11.8 Å². The lowest BCUT2D eigenvalue weighted by atomic mass is 9.64. The van der Waals surface area contributed by atoms with E-state index in [4.69, 9.17) is 15.2 Å². The minimum Gasteiger partial charge on any atom is -0.496 e. The molecule has 8 heteroatoms. The van der Waals surface area contributed by atoms with Crippen LogP contribution in [0, 0.1) is 5.92 Å². The quantitative estimate of drug-likeness (QED) is 0.165. The van der Waals surface area contributed by atoms with Crippen LogP contribution in [0.4, 0.5) is 0 Å². The molecular formula is C40H57N5O3. The Morgan fingerprint density at radius 2 is 1.56 bits per heavy atom. The number of carbonyl (C=O) groups excluding carboxylic acids is 1. The van der Waals surface area contributed by atoms with E-state index in [1.807, 2.05) is 48.7 Å². The third-order valence-corrected chi connectivity index (χ3v) is 10.7. The number of aromatic nitrogens is 1. The van der Waals surface area contributed by atoms with Crippen molar-refractivity contribution in [1.82, 2.24) is 19.7 Å². The maximum atomic E-state index is 13.3. The van der Waals surface area contributed by atoms with Crippen LogP contribution in [0.15, 0.2) is 79.1 Å². The summed E-state index contributed by atoms with van der Waals surface area (Å²) in [4.78, 5) is 25.3. The van der Waals surface area contributed by atoms with Crippen LogP contribution < -0.4 is 10.5 Å². The summed E-state index contributed by atoms with van der Waals surface area (Å²) in [6.45, 7) is 12.0. The summed E-state index contributed by atoms with van der Waals surface area (Å²) < 4.78 is 11.6. The summed E-state index contributed by atoms with van der Waals surface area (Å²) in [7, 11) is 1.74. The summed E-state index contributed by atoms with van der Waals surface area (Å²) in [6, 6.07) is 22.8. The highest BCUT2D eigenvalue weighted by molar-refractivity contribution is 5.91. The number of unbranched alkanes of at least 4 members (excludes halogenated alkanes) is 3. The molecular weight excluding hydrogens is 598 g/mol. The van der Waals surface area contributed by atoms with Crippen molar-refractivity contribution in [2.75, 3.05) is 66.1 Å². The fraction of sp³-hybridized carbons (Fsp3) is 0.550. The lowest BCUT2D eigenvalue weighted by Crippen LogP contribution is -2.49. The van der Waals surface area contributed by atoms with Crippen molar-refractivity contribution < 1.29 is 14.3 Å². The van der Waals surface area contributed by atoms with E-state index in [2.05, 4.69) is 50.9 Å². The van der Waals surface area contributed by atoms with Gasteiger partial charge in [-0.25, -0.2) is 0 Å². The molecule has 1 atom stereocenters. The molecule has 0 aliphatic carbocycles. The van der Waals surface area contributed by atoms with E-state index in [9.17, 15) is 4.79 Å². The Hall–Kier alpha value is -3.30. The maximum Gasteiger partial charge on any atom is 0.232 e. The number of rotatable bonds is 19. The maximum absolute atomic E-state index is 13.3. The molecule has 0 spiro atoms. The van der Waals surface area contributed by atoms with E-state index >= 15 is 0 Å². The number of carbonyl (C=O) groups is 1. The SMILES string of the molecule is CCN(CCCCCCOCCN1CC[C@@H](C(C(N)=O)(c2ccccc2)c2ccccc2)C1)C1CCN(Cc2cnccc2OC)CC1. The van der Waals surface area contributed by atoms with Crippen LogP contribution in [0.3, 0.4) is 0 Å². The molecule has 3 heterocycles. The predicted octanol–water partition coefficient (Wildman–Crippen LogP) is 5.75. The molecule has 0 bridgehead atoms. The molecule has 1 aromatic heterocycles. The van der Waals surface area contributed by atoms with Crippen molar-refractivity contribution in [3.63, 3.8) is 0 Å².